The van der Waals surface area contributed by atoms with E-state index in [1.807, 2.05) is 24.4 Å². The van der Waals surface area contributed by atoms with Gasteiger partial charge in [-0.15, -0.1) is 0 Å². The summed E-state index contributed by atoms with van der Waals surface area (Å²) in [5, 5.41) is 1.27. The lowest BCUT2D eigenvalue weighted by atomic mass is 9.84. The van der Waals surface area contributed by atoms with Crippen LogP contribution in [0.25, 0.3) is 10.9 Å². The molecule has 1 amide bonds. The molecule has 3 aromatic rings. The maximum atomic E-state index is 13.8. The highest BCUT2D eigenvalue weighted by atomic mass is 16.5. The van der Waals surface area contributed by atoms with Crippen molar-refractivity contribution in [1.82, 2.24) is 9.88 Å². The number of piperidine rings is 1. The van der Waals surface area contributed by atoms with E-state index in [4.69, 9.17) is 4.74 Å². The van der Waals surface area contributed by atoms with E-state index in [-0.39, 0.29) is 5.91 Å². The number of nitrogens with zero attached hydrogens (tertiary/aromatic N) is 3. The molecule has 2 aromatic carbocycles. The van der Waals surface area contributed by atoms with Crippen LogP contribution in [0.3, 0.4) is 0 Å². The minimum absolute atomic E-state index is 0.230. The van der Waals surface area contributed by atoms with Crippen molar-refractivity contribution in [2.75, 3.05) is 31.2 Å². The Balaban J connectivity index is 1.20. The summed E-state index contributed by atoms with van der Waals surface area (Å²) in [5.74, 6) is 0.848. The third kappa shape index (κ3) is 3.86. The first-order valence-corrected chi connectivity index (χ1v) is 12.8. The van der Waals surface area contributed by atoms with Crippen molar-refractivity contribution in [2.24, 2.45) is 5.92 Å². The van der Waals surface area contributed by atoms with E-state index in [1.54, 1.807) is 0 Å². The maximum absolute atomic E-state index is 13.8. The molecule has 2 atom stereocenters. The molecule has 1 aromatic heterocycles. The first kappa shape index (κ1) is 21.6. The van der Waals surface area contributed by atoms with Crippen LogP contribution in [-0.4, -0.2) is 54.2 Å². The Morgan fingerprint density at radius 1 is 1.00 bits per heavy atom. The molecule has 4 heterocycles. The van der Waals surface area contributed by atoms with Crippen LogP contribution >= 0.6 is 0 Å². The molecule has 6 rings (SSSR count). The smallest absolute Gasteiger partial charge is 0.254 e. The van der Waals surface area contributed by atoms with E-state index in [2.05, 4.69) is 52.0 Å². The third-order valence-electron chi connectivity index (χ3n) is 8.20. The van der Waals surface area contributed by atoms with Gasteiger partial charge in [-0.05, 0) is 80.3 Å². The molecule has 176 valence electrons. The van der Waals surface area contributed by atoms with Crippen molar-refractivity contribution >= 4 is 22.5 Å². The maximum Gasteiger partial charge on any atom is 0.254 e. The molecule has 3 saturated heterocycles. The predicted molar refractivity (Wildman–Crippen MR) is 135 cm³/mol. The van der Waals surface area contributed by atoms with E-state index < -0.39 is 0 Å². The first-order valence-electron chi connectivity index (χ1n) is 12.8. The van der Waals surface area contributed by atoms with Gasteiger partial charge in [-0.1, -0.05) is 24.3 Å². The second kappa shape index (κ2) is 9.03. The van der Waals surface area contributed by atoms with Crippen LogP contribution in [-0.2, 0) is 11.2 Å². The van der Waals surface area contributed by atoms with Gasteiger partial charge in [0.2, 0.25) is 0 Å². The molecule has 3 aliphatic heterocycles. The van der Waals surface area contributed by atoms with Crippen molar-refractivity contribution in [3.8, 4) is 0 Å². The van der Waals surface area contributed by atoms with E-state index >= 15 is 0 Å². The van der Waals surface area contributed by atoms with Crippen molar-refractivity contribution in [3.05, 3.63) is 71.4 Å². The number of morpholine rings is 1. The molecule has 0 spiro atoms. The van der Waals surface area contributed by atoms with E-state index in [0.717, 1.165) is 75.1 Å². The fourth-order valence-electron chi connectivity index (χ4n) is 6.59. The van der Waals surface area contributed by atoms with Crippen LogP contribution in [0.1, 0.15) is 47.2 Å². The molecule has 3 aliphatic rings. The summed E-state index contributed by atoms with van der Waals surface area (Å²) in [5.41, 5.74) is 5.63. The first-order chi connectivity index (χ1) is 16.7. The SMILES string of the molecule is Cc1c(C(=O)N2C3CCC2CC(Cc2cccc4ncccc24)C3)cccc1N1CCOCC1. The quantitative estimate of drug-likeness (QED) is 0.555. The topological polar surface area (TPSA) is 45.7 Å². The van der Waals surface area contributed by atoms with Gasteiger partial charge in [0.1, 0.15) is 0 Å². The summed E-state index contributed by atoms with van der Waals surface area (Å²) >= 11 is 0. The number of pyridine rings is 1. The third-order valence-corrected chi connectivity index (χ3v) is 8.20. The number of carbonyl (C=O) groups is 1. The molecule has 2 unspecified atom stereocenters. The number of carbonyl (C=O) groups excluding carboxylic acids is 1. The fourth-order valence-corrected chi connectivity index (χ4v) is 6.59. The van der Waals surface area contributed by atoms with Crippen molar-refractivity contribution in [2.45, 2.75) is 51.1 Å². The number of amides is 1. The Hall–Kier alpha value is -2.92. The molecule has 0 aliphatic carbocycles. The Morgan fingerprint density at radius 2 is 1.76 bits per heavy atom. The summed E-state index contributed by atoms with van der Waals surface area (Å²) in [7, 11) is 0. The largest absolute Gasteiger partial charge is 0.378 e. The number of anilines is 1. The number of hydrogen-bond donors (Lipinski definition) is 0. The molecule has 0 saturated carbocycles. The minimum atomic E-state index is 0.230. The van der Waals surface area contributed by atoms with E-state index in [9.17, 15) is 4.79 Å². The molecular weight excluding hydrogens is 422 g/mol. The normalized spacial score (nSPS) is 24.6. The summed E-state index contributed by atoms with van der Waals surface area (Å²) in [6.07, 6.45) is 7.40. The Kier molecular flexibility index (Phi) is 5.74. The lowest BCUT2D eigenvalue weighted by Crippen LogP contribution is -2.47. The lowest BCUT2D eigenvalue weighted by Gasteiger charge is -2.40. The van der Waals surface area contributed by atoms with E-state index in [1.165, 1.54) is 16.6 Å². The zero-order valence-corrected chi connectivity index (χ0v) is 20.0. The standard InChI is InChI=1S/C29H33N3O2/c1-20-25(6-3-9-28(20)31-13-15-34-16-14-31)29(33)32-23-10-11-24(32)19-21(18-23)17-22-5-2-8-27-26(22)7-4-12-30-27/h2-9,12,21,23-24H,10-11,13-19H2,1H3. The zero-order chi connectivity index (χ0) is 23.1. The highest BCUT2D eigenvalue weighted by Gasteiger charge is 2.43. The predicted octanol–water partition coefficient (Wildman–Crippen LogP) is 5.01. The van der Waals surface area contributed by atoms with Gasteiger partial charge in [-0.25, -0.2) is 0 Å². The second-order valence-electron chi connectivity index (χ2n) is 10.2. The van der Waals surface area contributed by atoms with Gasteiger partial charge in [-0.3, -0.25) is 9.78 Å². The van der Waals surface area contributed by atoms with Crippen LogP contribution in [0.4, 0.5) is 5.69 Å². The van der Waals surface area contributed by atoms with Gasteiger partial charge >= 0.3 is 0 Å². The van der Waals surface area contributed by atoms with Gasteiger partial charge in [0.15, 0.2) is 0 Å². The summed E-state index contributed by atoms with van der Waals surface area (Å²) in [4.78, 5) is 23.0. The van der Waals surface area contributed by atoms with Gasteiger partial charge in [0, 0.05) is 48.0 Å². The zero-order valence-electron chi connectivity index (χ0n) is 20.0. The molecule has 0 N–H and O–H groups in total. The second-order valence-corrected chi connectivity index (χ2v) is 10.2. The van der Waals surface area contributed by atoms with Crippen LogP contribution < -0.4 is 4.90 Å². The Bertz CT molecular complexity index is 1180. The number of ether oxygens (including phenoxy) is 1. The fraction of sp³-hybridized carbons (Fsp3) is 0.448. The summed E-state index contributed by atoms with van der Waals surface area (Å²) < 4.78 is 5.53. The van der Waals surface area contributed by atoms with Gasteiger partial charge in [0.05, 0.1) is 18.7 Å². The summed E-state index contributed by atoms with van der Waals surface area (Å²) in [6.45, 7) is 5.39. The van der Waals surface area contributed by atoms with Crippen LogP contribution in [0.15, 0.2) is 54.7 Å². The van der Waals surface area contributed by atoms with Crippen molar-refractivity contribution in [1.29, 1.82) is 0 Å². The molecule has 2 bridgehead atoms. The van der Waals surface area contributed by atoms with Crippen molar-refractivity contribution < 1.29 is 9.53 Å². The average molecular weight is 456 g/mol. The molecule has 3 fully saturated rings. The van der Waals surface area contributed by atoms with Crippen LogP contribution in [0.2, 0.25) is 0 Å². The lowest BCUT2D eigenvalue weighted by molar-refractivity contribution is 0.0524. The molecular formula is C29H33N3O2. The number of rotatable bonds is 4. The summed E-state index contributed by atoms with van der Waals surface area (Å²) in [6, 6.07) is 17.6. The monoisotopic (exact) mass is 455 g/mol. The number of fused-ring (bicyclic) bond motifs is 3. The Labute approximate surface area is 201 Å². The number of hydrogen-bond acceptors (Lipinski definition) is 4. The van der Waals surface area contributed by atoms with Gasteiger partial charge in [0.25, 0.3) is 5.91 Å². The molecule has 0 radical (unpaired) electrons. The van der Waals surface area contributed by atoms with Crippen LogP contribution in [0.5, 0.6) is 0 Å². The number of benzene rings is 2. The van der Waals surface area contributed by atoms with E-state index in [0.29, 0.717) is 18.0 Å². The van der Waals surface area contributed by atoms with Crippen molar-refractivity contribution in [3.63, 3.8) is 0 Å². The Morgan fingerprint density at radius 3 is 2.56 bits per heavy atom. The highest BCUT2D eigenvalue weighted by molar-refractivity contribution is 5.97. The average Bonchev–Trinajstić information content (AvgIpc) is 3.14. The van der Waals surface area contributed by atoms with Gasteiger partial charge < -0.3 is 14.5 Å². The number of aromatic nitrogens is 1. The highest BCUT2D eigenvalue weighted by Crippen LogP contribution is 2.41. The molecule has 34 heavy (non-hydrogen) atoms. The molecule has 5 heteroatoms. The van der Waals surface area contributed by atoms with Gasteiger partial charge in [-0.2, -0.15) is 0 Å². The minimum Gasteiger partial charge on any atom is -0.378 e. The van der Waals surface area contributed by atoms with Crippen LogP contribution in [0, 0.1) is 12.8 Å². The molecule has 5 nitrogen and oxygen atoms in total.